The zero-order valence-corrected chi connectivity index (χ0v) is 13.0. The molecule has 0 fully saturated rings. The molecule has 2 rings (SSSR count). The van der Waals surface area contributed by atoms with Crippen molar-refractivity contribution in [3.8, 4) is 0 Å². The Labute approximate surface area is 127 Å². The lowest BCUT2D eigenvalue weighted by atomic mass is 10.1. The molecule has 0 aliphatic heterocycles. The predicted molar refractivity (Wildman–Crippen MR) is 82.5 cm³/mol. The molecule has 0 radical (unpaired) electrons. The maximum Gasteiger partial charge on any atom is 0.253 e. The third-order valence-electron chi connectivity index (χ3n) is 2.98. The number of hydrogen-bond acceptors (Lipinski definition) is 4. The van der Waals surface area contributed by atoms with Gasteiger partial charge in [0.05, 0.1) is 6.54 Å². The summed E-state index contributed by atoms with van der Waals surface area (Å²) in [6.07, 6.45) is 0. The topological polar surface area (TPSA) is 62.3 Å². The van der Waals surface area contributed by atoms with Gasteiger partial charge in [-0.3, -0.25) is 9.59 Å². The summed E-state index contributed by atoms with van der Waals surface area (Å²) in [5.41, 5.74) is 1.92. The summed E-state index contributed by atoms with van der Waals surface area (Å²) in [6.45, 7) is 2.39. The maximum absolute atomic E-state index is 12.4. The first-order valence-electron chi connectivity index (χ1n) is 6.50. The highest BCUT2D eigenvalue weighted by Crippen LogP contribution is 2.13. The van der Waals surface area contributed by atoms with Crippen LogP contribution in [-0.4, -0.2) is 35.8 Å². The van der Waals surface area contributed by atoms with Crippen molar-refractivity contribution >= 4 is 23.2 Å². The number of aryl methyl sites for hydroxylation is 1. The van der Waals surface area contributed by atoms with Gasteiger partial charge in [0, 0.05) is 36.3 Å². The molecule has 110 valence electrons. The van der Waals surface area contributed by atoms with Gasteiger partial charge in [-0.25, -0.2) is 4.98 Å². The first-order valence-corrected chi connectivity index (χ1v) is 7.38. The van der Waals surface area contributed by atoms with Crippen LogP contribution in [0.5, 0.6) is 0 Å². The minimum Gasteiger partial charge on any atom is -0.355 e. The minimum atomic E-state index is -0.206. The molecule has 0 aliphatic rings. The van der Waals surface area contributed by atoms with E-state index in [0.29, 0.717) is 17.7 Å². The number of carbonyl (C=O) groups excluding carboxylic acids is 2. The van der Waals surface area contributed by atoms with Gasteiger partial charge in [-0.1, -0.05) is 6.07 Å². The molecule has 0 spiro atoms. The third kappa shape index (κ3) is 3.66. The van der Waals surface area contributed by atoms with Crippen molar-refractivity contribution in [2.45, 2.75) is 13.5 Å². The number of hydrogen-bond donors (Lipinski definition) is 1. The van der Waals surface area contributed by atoms with Crippen LogP contribution >= 0.6 is 11.3 Å². The molecule has 0 saturated carbocycles. The molecule has 1 aromatic heterocycles. The summed E-state index contributed by atoms with van der Waals surface area (Å²) in [5.74, 6) is -0.337. The van der Waals surface area contributed by atoms with E-state index in [9.17, 15) is 9.59 Å². The van der Waals surface area contributed by atoms with Gasteiger partial charge in [0.25, 0.3) is 11.8 Å². The minimum absolute atomic E-state index is 0.131. The van der Waals surface area contributed by atoms with Crippen LogP contribution in [0.1, 0.15) is 31.4 Å². The number of aromatic nitrogens is 1. The van der Waals surface area contributed by atoms with E-state index < -0.39 is 0 Å². The van der Waals surface area contributed by atoms with Crippen LogP contribution in [0, 0.1) is 6.92 Å². The Kier molecular flexibility index (Phi) is 4.70. The van der Waals surface area contributed by atoms with E-state index in [0.717, 1.165) is 10.7 Å². The van der Waals surface area contributed by atoms with E-state index in [-0.39, 0.29) is 11.8 Å². The zero-order valence-electron chi connectivity index (χ0n) is 12.2. The molecule has 21 heavy (non-hydrogen) atoms. The quantitative estimate of drug-likeness (QED) is 0.940. The Morgan fingerprint density at radius 3 is 2.67 bits per heavy atom. The Hall–Kier alpha value is -2.21. The molecule has 6 heteroatoms. The number of carbonyl (C=O) groups is 2. The molecule has 5 nitrogen and oxygen atoms in total. The fourth-order valence-corrected chi connectivity index (χ4v) is 2.73. The van der Waals surface area contributed by atoms with Crippen LogP contribution in [0.4, 0.5) is 0 Å². The van der Waals surface area contributed by atoms with Gasteiger partial charge in [0.15, 0.2) is 0 Å². The van der Waals surface area contributed by atoms with Crippen molar-refractivity contribution in [1.82, 2.24) is 15.2 Å². The molecule has 0 bridgehead atoms. The largest absolute Gasteiger partial charge is 0.355 e. The highest BCUT2D eigenvalue weighted by molar-refractivity contribution is 7.09. The van der Waals surface area contributed by atoms with Crippen LogP contribution in [-0.2, 0) is 6.54 Å². The van der Waals surface area contributed by atoms with Crippen molar-refractivity contribution in [3.05, 3.63) is 51.5 Å². The molecule has 2 amide bonds. The average molecular weight is 303 g/mol. The van der Waals surface area contributed by atoms with Gasteiger partial charge in [0.1, 0.15) is 5.01 Å². The SMILES string of the molecule is CNC(=O)c1cccc(C(=O)N(C)Cc2nc(C)cs2)c1. The fraction of sp³-hybridized carbons (Fsp3) is 0.267. The molecule has 0 aliphatic carbocycles. The smallest absolute Gasteiger partial charge is 0.253 e. The lowest BCUT2D eigenvalue weighted by molar-refractivity contribution is 0.0785. The Bertz CT molecular complexity index is 666. The zero-order chi connectivity index (χ0) is 15.4. The van der Waals surface area contributed by atoms with Gasteiger partial charge in [-0.05, 0) is 25.1 Å². The second-order valence-electron chi connectivity index (χ2n) is 4.70. The standard InChI is InChI=1S/C15H17N3O2S/c1-10-9-21-13(17-10)8-18(3)15(20)12-6-4-5-11(7-12)14(19)16-2/h4-7,9H,8H2,1-3H3,(H,16,19). The lowest BCUT2D eigenvalue weighted by Gasteiger charge is -2.16. The molecule has 0 atom stereocenters. The summed E-state index contributed by atoms with van der Waals surface area (Å²) < 4.78 is 0. The van der Waals surface area contributed by atoms with Crippen LogP contribution < -0.4 is 5.32 Å². The lowest BCUT2D eigenvalue weighted by Crippen LogP contribution is -2.26. The Balaban J connectivity index is 2.13. The molecule has 1 aromatic carbocycles. The van der Waals surface area contributed by atoms with Crippen molar-refractivity contribution in [2.75, 3.05) is 14.1 Å². The van der Waals surface area contributed by atoms with Gasteiger partial charge in [-0.15, -0.1) is 11.3 Å². The summed E-state index contributed by atoms with van der Waals surface area (Å²) in [6, 6.07) is 6.70. The van der Waals surface area contributed by atoms with E-state index in [4.69, 9.17) is 0 Å². The molecular weight excluding hydrogens is 286 g/mol. The number of thiazole rings is 1. The predicted octanol–water partition coefficient (Wildman–Crippen LogP) is 2.08. The van der Waals surface area contributed by atoms with Crippen molar-refractivity contribution in [1.29, 1.82) is 0 Å². The maximum atomic E-state index is 12.4. The van der Waals surface area contributed by atoms with Gasteiger partial charge in [-0.2, -0.15) is 0 Å². The van der Waals surface area contributed by atoms with Crippen molar-refractivity contribution in [2.24, 2.45) is 0 Å². The highest BCUT2D eigenvalue weighted by Gasteiger charge is 2.15. The first kappa shape index (κ1) is 15.2. The van der Waals surface area contributed by atoms with Gasteiger partial charge < -0.3 is 10.2 Å². The molecule has 0 unspecified atom stereocenters. The van der Waals surface area contributed by atoms with E-state index in [1.165, 1.54) is 11.3 Å². The molecule has 0 saturated heterocycles. The van der Waals surface area contributed by atoms with Crippen LogP contribution in [0.25, 0.3) is 0 Å². The van der Waals surface area contributed by atoms with E-state index >= 15 is 0 Å². The Morgan fingerprint density at radius 1 is 1.33 bits per heavy atom. The molecule has 1 N–H and O–H groups in total. The fourth-order valence-electron chi connectivity index (χ4n) is 1.91. The van der Waals surface area contributed by atoms with Crippen molar-refractivity contribution in [3.63, 3.8) is 0 Å². The first-order chi connectivity index (χ1) is 10.0. The van der Waals surface area contributed by atoms with Gasteiger partial charge in [0.2, 0.25) is 0 Å². The monoisotopic (exact) mass is 303 g/mol. The second kappa shape index (κ2) is 6.49. The normalized spacial score (nSPS) is 10.2. The summed E-state index contributed by atoms with van der Waals surface area (Å²) >= 11 is 1.53. The average Bonchev–Trinajstić information content (AvgIpc) is 2.90. The highest BCUT2D eigenvalue weighted by atomic mass is 32.1. The molecule has 2 aromatic rings. The van der Waals surface area contributed by atoms with Crippen molar-refractivity contribution < 1.29 is 9.59 Å². The number of amides is 2. The molecule has 1 heterocycles. The van der Waals surface area contributed by atoms with E-state index in [1.807, 2.05) is 12.3 Å². The summed E-state index contributed by atoms with van der Waals surface area (Å²) in [5, 5.41) is 5.40. The summed E-state index contributed by atoms with van der Waals surface area (Å²) in [7, 11) is 3.29. The number of rotatable bonds is 4. The molecular formula is C15H17N3O2S. The second-order valence-corrected chi connectivity index (χ2v) is 5.65. The summed E-state index contributed by atoms with van der Waals surface area (Å²) in [4.78, 5) is 29.9. The Morgan fingerprint density at radius 2 is 2.05 bits per heavy atom. The van der Waals surface area contributed by atoms with Crippen LogP contribution in [0.2, 0.25) is 0 Å². The van der Waals surface area contributed by atoms with E-state index in [1.54, 1.807) is 43.3 Å². The third-order valence-corrected chi connectivity index (χ3v) is 3.94. The van der Waals surface area contributed by atoms with Gasteiger partial charge >= 0.3 is 0 Å². The van der Waals surface area contributed by atoms with Crippen LogP contribution in [0.3, 0.4) is 0 Å². The number of benzene rings is 1. The number of nitrogens with one attached hydrogen (secondary N) is 1. The van der Waals surface area contributed by atoms with E-state index in [2.05, 4.69) is 10.3 Å². The van der Waals surface area contributed by atoms with Crippen LogP contribution in [0.15, 0.2) is 29.6 Å². The number of nitrogens with zero attached hydrogens (tertiary/aromatic N) is 2.